The Morgan fingerprint density at radius 3 is 2.62 bits per heavy atom. The van der Waals surface area contributed by atoms with Crippen molar-refractivity contribution in [2.45, 2.75) is 4.90 Å². The second-order valence-corrected chi connectivity index (χ2v) is 6.37. The van der Waals surface area contributed by atoms with Crippen molar-refractivity contribution in [2.24, 2.45) is 0 Å². The maximum absolute atomic E-state index is 12.1. The van der Waals surface area contributed by atoms with Gasteiger partial charge in [0.1, 0.15) is 4.90 Å². The summed E-state index contributed by atoms with van der Waals surface area (Å²) in [4.78, 5) is 17.2. The SMILES string of the molecule is O=C(NNS(=O)(=O)c1cc(Cl)ccc1Cl)c1cccnc1. The van der Waals surface area contributed by atoms with Crippen LogP contribution in [0.1, 0.15) is 10.4 Å². The predicted octanol–water partition coefficient (Wildman–Crippen LogP) is 2.01. The third-order valence-electron chi connectivity index (χ3n) is 2.41. The number of hydrogen-bond donors (Lipinski definition) is 2. The number of carbonyl (C=O) groups excluding carboxylic acids is 1. The van der Waals surface area contributed by atoms with Gasteiger partial charge in [-0.1, -0.05) is 23.2 Å². The molecular weight excluding hydrogens is 337 g/mol. The Bertz CT molecular complexity index is 767. The van der Waals surface area contributed by atoms with E-state index in [1.807, 2.05) is 4.83 Å². The fourth-order valence-electron chi connectivity index (χ4n) is 1.42. The summed E-state index contributed by atoms with van der Waals surface area (Å²) < 4.78 is 24.1. The summed E-state index contributed by atoms with van der Waals surface area (Å²) >= 11 is 11.5. The lowest BCUT2D eigenvalue weighted by atomic mass is 10.3. The fourth-order valence-corrected chi connectivity index (χ4v) is 3.02. The summed E-state index contributed by atoms with van der Waals surface area (Å²) in [6.07, 6.45) is 2.79. The molecule has 0 spiro atoms. The van der Waals surface area contributed by atoms with Crippen molar-refractivity contribution in [1.82, 2.24) is 15.2 Å². The fraction of sp³-hybridized carbons (Fsp3) is 0. The average Bonchev–Trinajstić information content (AvgIpc) is 2.48. The highest BCUT2D eigenvalue weighted by Crippen LogP contribution is 2.24. The first-order chi connectivity index (χ1) is 9.90. The zero-order valence-corrected chi connectivity index (χ0v) is 12.7. The first-order valence-electron chi connectivity index (χ1n) is 5.57. The van der Waals surface area contributed by atoms with Gasteiger partial charge in [-0.25, -0.2) is 8.42 Å². The molecule has 0 aliphatic rings. The minimum absolute atomic E-state index is 0.0115. The topological polar surface area (TPSA) is 88.2 Å². The van der Waals surface area contributed by atoms with Crippen LogP contribution in [-0.2, 0) is 10.0 Å². The zero-order chi connectivity index (χ0) is 15.5. The normalized spacial score (nSPS) is 11.1. The number of carbonyl (C=O) groups is 1. The highest BCUT2D eigenvalue weighted by Gasteiger charge is 2.19. The van der Waals surface area contributed by atoms with Gasteiger partial charge in [-0.2, -0.15) is 0 Å². The van der Waals surface area contributed by atoms with Crippen LogP contribution in [-0.4, -0.2) is 19.3 Å². The zero-order valence-electron chi connectivity index (χ0n) is 10.4. The molecule has 0 aliphatic carbocycles. The van der Waals surface area contributed by atoms with Crippen LogP contribution in [0.5, 0.6) is 0 Å². The van der Waals surface area contributed by atoms with Crippen molar-refractivity contribution in [3.05, 3.63) is 58.3 Å². The molecule has 9 heteroatoms. The maximum atomic E-state index is 12.1. The van der Waals surface area contributed by atoms with E-state index >= 15 is 0 Å². The highest BCUT2D eigenvalue weighted by atomic mass is 35.5. The van der Waals surface area contributed by atoms with E-state index in [4.69, 9.17) is 23.2 Å². The quantitative estimate of drug-likeness (QED) is 0.829. The molecule has 0 atom stereocenters. The molecule has 1 amide bonds. The third kappa shape index (κ3) is 3.92. The minimum Gasteiger partial charge on any atom is -0.273 e. The number of nitrogens with zero attached hydrogens (tertiary/aromatic N) is 1. The standard InChI is InChI=1S/C12H9Cl2N3O3S/c13-9-3-4-10(14)11(6-9)21(19,20)17-16-12(18)8-2-1-5-15-7-8/h1-7,17H,(H,16,18). The molecule has 1 heterocycles. The van der Waals surface area contributed by atoms with Gasteiger partial charge in [0.15, 0.2) is 0 Å². The van der Waals surface area contributed by atoms with Crippen LogP contribution in [0.25, 0.3) is 0 Å². The Balaban J connectivity index is 2.15. The molecule has 0 saturated carbocycles. The van der Waals surface area contributed by atoms with Crippen molar-refractivity contribution < 1.29 is 13.2 Å². The van der Waals surface area contributed by atoms with E-state index in [-0.39, 0.29) is 20.5 Å². The first kappa shape index (κ1) is 15.7. The number of aromatic nitrogens is 1. The Labute approximate surface area is 131 Å². The molecule has 21 heavy (non-hydrogen) atoms. The second-order valence-electron chi connectivity index (χ2n) is 3.88. The van der Waals surface area contributed by atoms with Gasteiger partial charge in [0.05, 0.1) is 10.6 Å². The number of hydrazine groups is 1. The summed E-state index contributed by atoms with van der Waals surface area (Å²) in [5, 5.41) is 0.195. The summed E-state index contributed by atoms with van der Waals surface area (Å²) in [6, 6.07) is 7.03. The van der Waals surface area contributed by atoms with Crippen molar-refractivity contribution >= 4 is 39.1 Å². The molecular formula is C12H9Cl2N3O3S. The third-order valence-corrected chi connectivity index (χ3v) is 4.37. The van der Waals surface area contributed by atoms with E-state index in [1.54, 1.807) is 6.07 Å². The van der Waals surface area contributed by atoms with Crippen molar-refractivity contribution in [3.63, 3.8) is 0 Å². The van der Waals surface area contributed by atoms with E-state index in [0.29, 0.717) is 0 Å². The number of nitrogens with one attached hydrogen (secondary N) is 2. The summed E-state index contributed by atoms with van der Waals surface area (Å²) in [6.45, 7) is 0. The van der Waals surface area contributed by atoms with Gasteiger partial charge >= 0.3 is 0 Å². The van der Waals surface area contributed by atoms with Crippen LogP contribution in [0.3, 0.4) is 0 Å². The number of pyridine rings is 1. The lowest BCUT2D eigenvalue weighted by Gasteiger charge is -2.09. The van der Waals surface area contributed by atoms with Gasteiger partial charge in [-0.05, 0) is 30.3 Å². The number of amides is 1. The lowest BCUT2D eigenvalue weighted by Crippen LogP contribution is -2.41. The van der Waals surface area contributed by atoms with Gasteiger partial charge in [0.2, 0.25) is 0 Å². The Morgan fingerprint density at radius 1 is 1.19 bits per heavy atom. The van der Waals surface area contributed by atoms with Gasteiger partial charge in [0.25, 0.3) is 15.9 Å². The molecule has 0 saturated heterocycles. The molecule has 2 aromatic rings. The molecule has 6 nitrogen and oxygen atoms in total. The molecule has 110 valence electrons. The molecule has 0 aliphatic heterocycles. The van der Waals surface area contributed by atoms with Gasteiger partial charge in [-0.3, -0.25) is 15.2 Å². The number of sulfonamides is 1. The molecule has 1 aromatic heterocycles. The van der Waals surface area contributed by atoms with E-state index in [9.17, 15) is 13.2 Å². The highest BCUT2D eigenvalue weighted by molar-refractivity contribution is 7.89. The van der Waals surface area contributed by atoms with Gasteiger partial charge in [-0.15, -0.1) is 4.83 Å². The molecule has 0 radical (unpaired) electrons. The predicted molar refractivity (Wildman–Crippen MR) is 78.5 cm³/mol. The number of hydrogen-bond acceptors (Lipinski definition) is 4. The smallest absolute Gasteiger partial charge is 0.267 e. The van der Waals surface area contributed by atoms with Crippen LogP contribution in [0.2, 0.25) is 10.0 Å². The van der Waals surface area contributed by atoms with Crippen molar-refractivity contribution in [2.75, 3.05) is 0 Å². The summed E-state index contributed by atoms with van der Waals surface area (Å²) in [5.41, 5.74) is 2.27. The van der Waals surface area contributed by atoms with E-state index in [0.717, 1.165) is 0 Å². The number of halogens is 2. The molecule has 0 bridgehead atoms. The lowest BCUT2D eigenvalue weighted by molar-refractivity contribution is 0.0944. The van der Waals surface area contributed by atoms with Crippen LogP contribution < -0.4 is 10.3 Å². The average molecular weight is 346 g/mol. The maximum Gasteiger partial charge on any atom is 0.267 e. The summed E-state index contributed by atoms with van der Waals surface area (Å²) in [5.74, 6) is -0.648. The van der Waals surface area contributed by atoms with Crippen molar-refractivity contribution in [3.8, 4) is 0 Å². The molecule has 2 N–H and O–H groups in total. The minimum atomic E-state index is -4.04. The second kappa shape index (κ2) is 6.40. The van der Waals surface area contributed by atoms with E-state index < -0.39 is 15.9 Å². The van der Waals surface area contributed by atoms with Gasteiger partial charge in [0, 0.05) is 17.4 Å². The van der Waals surface area contributed by atoms with Crippen LogP contribution in [0, 0.1) is 0 Å². The molecule has 0 unspecified atom stereocenters. The van der Waals surface area contributed by atoms with Crippen LogP contribution >= 0.6 is 23.2 Å². The summed E-state index contributed by atoms with van der Waals surface area (Å²) in [7, 11) is -4.04. The van der Waals surface area contributed by atoms with Crippen molar-refractivity contribution in [1.29, 1.82) is 0 Å². The molecule has 2 rings (SSSR count). The number of benzene rings is 1. The van der Waals surface area contributed by atoms with Crippen LogP contribution in [0.4, 0.5) is 0 Å². The van der Waals surface area contributed by atoms with E-state index in [1.165, 1.54) is 36.7 Å². The monoisotopic (exact) mass is 345 g/mol. The first-order valence-corrected chi connectivity index (χ1v) is 7.81. The Kier molecular flexibility index (Phi) is 4.79. The number of rotatable bonds is 4. The largest absolute Gasteiger partial charge is 0.273 e. The molecule has 1 aromatic carbocycles. The Morgan fingerprint density at radius 2 is 1.95 bits per heavy atom. The Hall–Kier alpha value is -1.67. The van der Waals surface area contributed by atoms with E-state index in [2.05, 4.69) is 10.4 Å². The van der Waals surface area contributed by atoms with Gasteiger partial charge < -0.3 is 0 Å². The molecule has 0 fully saturated rings. The van der Waals surface area contributed by atoms with Crippen LogP contribution in [0.15, 0.2) is 47.6 Å².